The Morgan fingerprint density at radius 1 is 1.14 bits per heavy atom. The van der Waals surface area contributed by atoms with Crippen LogP contribution in [0.25, 0.3) is 0 Å². The van der Waals surface area contributed by atoms with Crippen LogP contribution in [0.15, 0.2) is 35.9 Å². The average Bonchev–Trinajstić information content (AvgIpc) is 3.71. The number of thioether (sulfide) groups is 1. The third-order valence-corrected chi connectivity index (χ3v) is 8.49. The Bertz CT molecular complexity index is 996. The molecule has 1 aromatic carbocycles. The number of hydrogen-bond donors (Lipinski definition) is 0. The maximum Gasteiger partial charge on any atom is 0.310 e. The zero-order valence-electron chi connectivity index (χ0n) is 21.3. The van der Waals surface area contributed by atoms with Gasteiger partial charge in [0.2, 0.25) is 0 Å². The third kappa shape index (κ3) is 6.84. The van der Waals surface area contributed by atoms with Gasteiger partial charge in [-0.15, -0.1) is 0 Å². The van der Waals surface area contributed by atoms with Crippen LogP contribution in [0.1, 0.15) is 57.6 Å². The summed E-state index contributed by atoms with van der Waals surface area (Å²) in [7, 11) is 0. The molecule has 3 unspecified atom stereocenters. The first-order valence-corrected chi connectivity index (χ1v) is 14.0. The van der Waals surface area contributed by atoms with Gasteiger partial charge in [-0.05, 0) is 57.2 Å². The first kappa shape index (κ1) is 27.0. The molecule has 2 heterocycles. The highest BCUT2D eigenvalue weighted by Gasteiger charge is 2.41. The number of piperidine rings is 2. The van der Waals surface area contributed by atoms with E-state index in [4.69, 9.17) is 4.74 Å². The Balaban J connectivity index is 1.52. The molecule has 0 bridgehead atoms. The van der Waals surface area contributed by atoms with Gasteiger partial charge in [0.25, 0.3) is 0 Å². The van der Waals surface area contributed by atoms with Gasteiger partial charge in [0.05, 0.1) is 18.6 Å². The zero-order valence-corrected chi connectivity index (χ0v) is 22.1. The molecule has 36 heavy (non-hydrogen) atoms. The molecule has 1 aromatic rings. The van der Waals surface area contributed by atoms with Gasteiger partial charge < -0.3 is 4.74 Å². The number of rotatable bonds is 9. The van der Waals surface area contributed by atoms with Gasteiger partial charge in [-0.25, -0.2) is 4.39 Å². The van der Waals surface area contributed by atoms with Crippen LogP contribution < -0.4 is 0 Å². The number of ketones is 1. The molecule has 2 saturated heterocycles. The second kappa shape index (κ2) is 12.5. The lowest BCUT2D eigenvalue weighted by Crippen LogP contribution is -2.44. The predicted octanol–water partition coefficient (Wildman–Crippen LogP) is 4.40. The highest BCUT2D eigenvalue weighted by Crippen LogP contribution is 2.40. The number of hydrogen-bond acceptors (Lipinski definition) is 7. The quantitative estimate of drug-likeness (QED) is 0.356. The van der Waals surface area contributed by atoms with E-state index in [0.29, 0.717) is 38.3 Å². The van der Waals surface area contributed by atoms with Crippen LogP contribution >= 0.6 is 11.8 Å². The summed E-state index contributed by atoms with van der Waals surface area (Å²) in [6.45, 7) is 7.21. The van der Waals surface area contributed by atoms with Crippen molar-refractivity contribution >= 4 is 28.6 Å². The van der Waals surface area contributed by atoms with Crippen LogP contribution in [-0.4, -0.2) is 71.2 Å². The number of ether oxygens (including phenoxy) is 1. The van der Waals surface area contributed by atoms with E-state index in [9.17, 15) is 18.8 Å². The van der Waals surface area contributed by atoms with E-state index in [0.717, 1.165) is 44.2 Å². The van der Waals surface area contributed by atoms with E-state index in [2.05, 4.69) is 15.9 Å². The SMILES string of the molecule is CCOC(=O)C1CCCN(C/C=C2\CN(C(C(=O)C3CC3)c3ccccc3F)CCC2SC(C)=O)C1. The molecular formula is C28H37FN2O4S. The highest BCUT2D eigenvalue weighted by molar-refractivity contribution is 8.14. The molecule has 3 aliphatic rings. The van der Waals surface area contributed by atoms with Crippen molar-refractivity contribution in [1.82, 2.24) is 9.80 Å². The Morgan fingerprint density at radius 3 is 2.61 bits per heavy atom. The van der Waals surface area contributed by atoms with Crippen molar-refractivity contribution in [3.05, 3.63) is 47.3 Å². The van der Waals surface area contributed by atoms with E-state index < -0.39 is 6.04 Å². The molecule has 0 spiro atoms. The first-order chi connectivity index (χ1) is 17.4. The van der Waals surface area contributed by atoms with Gasteiger partial charge in [0.1, 0.15) is 5.82 Å². The van der Waals surface area contributed by atoms with E-state index in [-0.39, 0.29) is 39.8 Å². The van der Waals surface area contributed by atoms with E-state index in [1.54, 1.807) is 25.1 Å². The van der Waals surface area contributed by atoms with Crippen molar-refractivity contribution in [2.45, 2.75) is 57.2 Å². The predicted molar refractivity (Wildman–Crippen MR) is 139 cm³/mol. The second-order valence-corrected chi connectivity index (χ2v) is 11.5. The number of carbonyl (C=O) groups is 3. The first-order valence-electron chi connectivity index (χ1n) is 13.1. The summed E-state index contributed by atoms with van der Waals surface area (Å²) in [5, 5.41) is 0.112. The maximum absolute atomic E-state index is 14.8. The molecule has 0 N–H and O–H groups in total. The summed E-state index contributed by atoms with van der Waals surface area (Å²) in [6.07, 6.45) is 6.43. The number of nitrogens with zero attached hydrogens (tertiary/aromatic N) is 2. The fourth-order valence-corrected chi connectivity index (χ4v) is 6.32. The van der Waals surface area contributed by atoms with Gasteiger partial charge in [-0.2, -0.15) is 0 Å². The lowest BCUT2D eigenvalue weighted by atomic mass is 9.93. The fraction of sp³-hybridized carbons (Fsp3) is 0.607. The van der Waals surface area contributed by atoms with Gasteiger partial charge in [-0.1, -0.05) is 36.0 Å². The lowest BCUT2D eigenvalue weighted by molar-refractivity contribution is -0.149. The minimum atomic E-state index is -0.603. The molecule has 6 nitrogen and oxygen atoms in total. The fourth-order valence-electron chi connectivity index (χ4n) is 5.37. The summed E-state index contributed by atoms with van der Waals surface area (Å²) in [5.74, 6) is -0.468. The number of carbonyl (C=O) groups excluding carboxylic acids is 3. The molecule has 0 aromatic heterocycles. The number of likely N-dealkylation sites (tertiary alicyclic amines) is 2. The molecule has 0 amide bonds. The molecule has 0 radical (unpaired) electrons. The van der Waals surface area contributed by atoms with Crippen LogP contribution in [-0.2, 0) is 19.1 Å². The molecule has 3 atom stereocenters. The molecule has 1 aliphatic carbocycles. The smallest absolute Gasteiger partial charge is 0.310 e. The Labute approximate surface area is 217 Å². The largest absolute Gasteiger partial charge is 0.466 e. The van der Waals surface area contributed by atoms with Crippen molar-refractivity contribution in [3.63, 3.8) is 0 Å². The molecular weight excluding hydrogens is 479 g/mol. The van der Waals surface area contributed by atoms with Crippen molar-refractivity contribution < 1.29 is 23.5 Å². The van der Waals surface area contributed by atoms with Crippen LogP contribution in [0.3, 0.4) is 0 Å². The molecule has 1 saturated carbocycles. The molecule has 4 rings (SSSR count). The normalized spacial score (nSPS) is 25.5. The Hall–Kier alpha value is -2.03. The van der Waals surface area contributed by atoms with Crippen LogP contribution in [0.4, 0.5) is 4.39 Å². The Morgan fingerprint density at radius 2 is 1.92 bits per heavy atom. The monoisotopic (exact) mass is 516 g/mol. The van der Waals surface area contributed by atoms with Crippen molar-refractivity contribution in [1.29, 1.82) is 0 Å². The minimum absolute atomic E-state index is 0.0134. The summed E-state index contributed by atoms with van der Waals surface area (Å²) in [5.41, 5.74) is 1.55. The van der Waals surface area contributed by atoms with E-state index in [1.165, 1.54) is 17.8 Å². The topological polar surface area (TPSA) is 66.9 Å². The lowest BCUT2D eigenvalue weighted by Gasteiger charge is -2.39. The molecule has 8 heteroatoms. The van der Waals surface area contributed by atoms with Crippen LogP contribution in [0.2, 0.25) is 0 Å². The summed E-state index contributed by atoms with van der Waals surface area (Å²) in [6, 6.07) is 5.99. The third-order valence-electron chi connectivity index (χ3n) is 7.34. The average molecular weight is 517 g/mol. The van der Waals surface area contributed by atoms with Gasteiger partial charge in [0, 0.05) is 49.8 Å². The summed E-state index contributed by atoms with van der Waals surface area (Å²) in [4.78, 5) is 41.9. The van der Waals surface area contributed by atoms with Gasteiger partial charge in [0.15, 0.2) is 10.9 Å². The Kier molecular flexibility index (Phi) is 9.36. The maximum atomic E-state index is 14.8. The van der Waals surface area contributed by atoms with Crippen molar-refractivity contribution in [2.75, 3.05) is 39.3 Å². The summed E-state index contributed by atoms with van der Waals surface area (Å²) < 4.78 is 20.1. The number of Topliss-reactive ketones (excluding diaryl/α,β-unsaturated/α-hetero) is 1. The van der Waals surface area contributed by atoms with E-state index in [1.807, 2.05) is 6.92 Å². The molecule has 3 fully saturated rings. The van der Waals surface area contributed by atoms with E-state index >= 15 is 0 Å². The molecule has 196 valence electrons. The second-order valence-electron chi connectivity index (χ2n) is 10.1. The van der Waals surface area contributed by atoms with Gasteiger partial charge >= 0.3 is 5.97 Å². The zero-order chi connectivity index (χ0) is 25.7. The summed E-state index contributed by atoms with van der Waals surface area (Å²) >= 11 is 1.34. The standard InChI is InChI=1S/C28H37FN2O4S/c1-3-35-28(34)22-7-6-14-30(17-22)15-12-21-18-31(16-13-25(21)36-19(2)32)26(27(33)20-10-11-20)23-8-4-5-9-24(23)29/h4-5,8-9,12,20,22,25-26H,3,6-7,10-11,13-18H2,1-2H3/b21-12+. The van der Waals surface area contributed by atoms with Crippen LogP contribution in [0, 0.1) is 17.7 Å². The van der Waals surface area contributed by atoms with Crippen LogP contribution in [0.5, 0.6) is 0 Å². The highest BCUT2D eigenvalue weighted by atomic mass is 32.2. The minimum Gasteiger partial charge on any atom is -0.466 e. The molecule has 2 aliphatic heterocycles. The number of benzene rings is 1. The number of esters is 1. The van der Waals surface area contributed by atoms with Crippen molar-refractivity contribution in [3.8, 4) is 0 Å². The number of halogens is 1. The van der Waals surface area contributed by atoms with Crippen molar-refractivity contribution in [2.24, 2.45) is 11.8 Å². The van der Waals surface area contributed by atoms with Gasteiger partial charge in [-0.3, -0.25) is 24.2 Å².